The minimum Gasteiger partial charge on any atom is -0.357 e. The van der Waals surface area contributed by atoms with Crippen molar-refractivity contribution in [2.75, 3.05) is 10.6 Å². The first-order valence-corrected chi connectivity index (χ1v) is 12.4. The van der Waals surface area contributed by atoms with Crippen molar-refractivity contribution in [3.05, 3.63) is 46.4 Å². The van der Waals surface area contributed by atoms with Gasteiger partial charge in [0.2, 0.25) is 11.0 Å². The van der Waals surface area contributed by atoms with Gasteiger partial charge in [0.15, 0.2) is 4.34 Å². The van der Waals surface area contributed by atoms with E-state index in [-0.39, 0.29) is 5.91 Å². The van der Waals surface area contributed by atoms with Crippen LogP contribution < -0.4 is 10.6 Å². The van der Waals surface area contributed by atoms with Crippen LogP contribution in [0.15, 0.2) is 40.1 Å². The first kappa shape index (κ1) is 20.3. The number of para-hydroxylation sites is 1. The molecule has 0 atom stereocenters. The third kappa shape index (κ3) is 6.25. The number of hydrogen-bond acceptors (Lipinski definition) is 8. The van der Waals surface area contributed by atoms with Crippen LogP contribution in [0.3, 0.4) is 0 Å². The molecule has 0 bridgehead atoms. The summed E-state index contributed by atoms with van der Waals surface area (Å²) in [6, 6.07) is 10.0. The fourth-order valence-corrected chi connectivity index (χ4v) is 5.86. The average Bonchev–Trinajstić information content (AvgIpc) is 3.37. The maximum absolute atomic E-state index is 12.2. The lowest BCUT2D eigenvalue weighted by Crippen LogP contribution is -2.21. The predicted octanol–water partition coefficient (Wildman–Crippen LogP) is 5.21. The number of thioether (sulfide) groups is 1. The summed E-state index contributed by atoms with van der Waals surface area (Å²) in [4.78, 5) is 16.7. The second-order valence-electron chi connectivity index (χ2n) is 6.96. The van der Waals surface area contributed by atoms with E-state index in [1.165, 1.54) is 43.4 Å². The second-order valence-corrected chi connectivity index (χ2v) is 10.1. The second kappa shape index (κ2) is 10.2. The SMILES string of the molecule is O=C(Cc1nc(CSc2nnc(NC3CCCCC3)s2)cs1)Nc1ccccc1. The molecule has 1 saturated carbocycles. The zero-order chi connectivity index (χ0) is 19.9. The Hall–Kier alpha value is -1.97. The van der Waals surface area contributed by atoms with Gasteiger partial charge in [-0.05, 0) is 25.0 Å². The highest BCUT2D eigenvalue weighted by Gasteiger charge is 2.15. The number of thiazole rings is 1. The third-order valence-corrected chi connectivity index (χ3v) is 7.57. The standard InChI is InChI=1S/C20H23N5OS3/c26-17(21-14-7-3-1-4-8-14)11-18-22-16(12-27-18)13-28-20-25-24-19(29-20)23-15-9-5-2-6-10-15/h1,3-4,7-8,12,15H,2,5-6,9-11,13H2,(H,21,26)(H,23,24). The number of hydrogen-bond donors (Lipinski definition) is 2. The molecule has 3 aromatic rings. The molecule has 1 aliphatic carbocycles. The topological polar surface area (TPSA) is 79.8 Å². The van der Waals surface area contributed by atoms with Gasteiger partial charge < -0.3 is 10.6 Å². The molecule has 1 fully saturated rings. The Labute approximate surface area is 182 Å². The van der Waals surface area contributed by atoms with Gasteiger partial charge in [0.1, 0.15) is 5.01 Å². The van der Waals surface area contributed by atoms with E-state index in [0.717, 1.165) is 31.6 Å². The third-order valence-electron chi connectivity index (χ3n) is 4.65. The van der Waals surface area contributed by atoms with E-state index in [9.17, 15) is 4.79 Å². The molecular formula is C20H23N5OS3. The molecule has 4 rings (SSSR count). The van der Waals surface area contributed by atoms with Crippen molar-refractivity contribution in [3.63, 3.8) is 0 Å². The molecule has 152 valence electrons. The highest BCUT2D eigenvalue weighted by Crippen LogP contribution is 2.30. The summed E-state index contributed by atoms with van der Waals surface area (Å²) >= 11 is 4.77. The van der Waals surface area contributed by atoms with Crippen molar-refractivity contribution in [1.29, 1.82) is 0 Å². The molecule has 29 heavy (non-hydrogen) atoms. The summed E-state index contributed by atoms with van der Waals surface area (Å²) in [6.07, 6.45) is 6.68. The molecule has 0 unspecified atom stereocenters. The van der Waals surface area contributed by atoms with Crippen LogP contribution in [0.1, 0.15) is 42.8 Å². The number of carbonyl (C=O) groups is 1. The summed E-state index contributed by atoms with van der Waals surface area (Å²) in [7, 11) is 0. The van der Waals surface area contributed by atoms with Crippen LogP contribution in [0.5, 0.6) is 0 Å². The Morgan fingerprint density at radius 3 is 2.79 bits per heavy atom. The van der Waals surface area contributed by atoms with E-state index < -0.39 is 0 Å². The molecular weight excluding hydrogens is 422 g/mol. The number of rotatable bonds is 8. The number of nitrogens with zero attached hydrogens (tertiary/aromatic N) is 3. The molecule has 2 N–H and O–H groups in total. The number of amides is 1. The summed E-state index contributed by atoms with van der Waals surface area (Å²) < 4.78 is 0.944. The largest absolute Gasteiger partial charge is 0.357 e. The van der Waals surface area contributed by atoms with Gasteiger partial charge in [-0.3, -0.25) is 4.79 Å². The van der Waals surface area contributed by atoms with E-state index in [0.29, 0.717) is 12.5 Å². The van der Waals surface area contributed by atoms with Crippen molar-refractivity contribution in [1.82, 2.24) is 15.2 Å². The zero-order valence-electron chi connectivity index (χ0n) is 16.0. The lowest BCUT2D eigenvalue weighted by molar-refractivity contribution is -0.115. The first-order valence-electron chi connectivity index (χ1n) is 9.75. The zero-order valence-corrected chi connectivity index (χ0v) is 18.4. The van der Waals surface area contributed by atoms with Gasteiger partial charge in [-0.15, -0.1) is 21.5 Å². The number of carbonyl (C=O) groups excluding carboxylic acids is 1. The minimum atomic E-state index is -0.0488. The fraction of sp³-hybridized carbons (Fsp3) is 0.400. The molecule has 0 saturated heterocycles. The van der Waals surface area contributed by atoms with E-state index in [1.807, 2.05) is 35.7 Å². The molecule has 1 aromatic carbocycles. The summed E-state index contributed by atoms with van der Waals surface area (Å²) in [5.41, 5.74) is 1.78. The van der Waals surface area contributed by atoms with Crippen LogP contribution in [0.25, 0.3) is 0 Å². The van der Waals surface area contributed by atoms with Gasteiger partial charge in [-0.25, -0.2) is 4.98 Å². The van der Waals surface area contributed by atoms with Crippen molar-refractivity contribution < 1.29 is 4.79 Å². The van der Waals surface area contributed by atoms with Crippen molar-refractivity contribution in [2.24, 2.45) is 0 Å². The van der Waals surface area contributed by atoms with E-state index in [4.69, 9.17) is 0 Å². The van der Waals surface area contributed by atoms with E-state index in [1.54, 1.807) is 23.1 Å². The van der Waals surface area contributed by atoms with Gasteiger partial charge in [-0.2, -0.15) is 0 Å². The monoisotopic (exact) mass is 445 g/mol. The van der Waals surface area contributed by atoms with Gasteiger partial charge >= 0.3 is 0 Å². The lowest BCUT2D eigenvalue weighted by atomic mass is 9.96. The van der Waals surface area contributed by atoms with Crippen LogP contribution in [0, 0.1) is 0 Å². The maximum atomic E-state index is 12.2. The Balaban J connectivity index is 1.23. The molecule has 0 radical (unpaired) electrons. The Bertz CT molecular complexity index is 921. The molecule has 9 heteroatoms. The summed E-state index contributed by atoms with van der Waals surface area (Å²) in [5.74, 6) is 0.682. The number of nitrogens with one attached hydrogen (secondary N) is 2. The molecule has 1 amide bonds. The van der Waals surface area contributed by atoms with Gasteiger partial charge in [0.05, 0.1) is 12.1 Å². The molecule has 6 nitrogen and oxygen atoms in total. The van der Waals surface area contributed by atoms with Crippen LogP contribution in [-0.2, 0) is 17.0 Å². The quantitative estimate of drug-likeness (QED) is 0.463. The van der Waals surface area contributed by atoms with Crippen molar-refractivity contribution in [3.8, 4) is 0 Å². The fourth-order valence-electron chi connectivity index (χ4n) is 3.24. The molecule has 0 aliphatic heterocycles. The Morgan fingerprint density at radius 2 is 1.97 bits per heavy atom. The number of anilines is 2. The lowest BCUT2D eigenvalue weighted by Gasteiger charge is -2.21. The normalized spacial score (nSPS) is 14.6. The molecule has 2 aromatic heterocycles. The average molecular weight is 446 g/mol. The van der Waals surface area contributed by atoms with Crippen molar-refractivity contribution in [2.45, 2.75) is 54.7 Å². The van der Waals surface area contributed by atoms with E-state index >= 15 is 0 Å². The van der Waals surface area contributed by atoms with Crippen LogP contribution in [0.2, 0.25) is 0 Å². The van der Waals surface area contributed by atoms with E-state index in [2.05, 4.69) is 25.8 Å². The molecule has 2 heterocycles. The van der Waals surface area contributed by atoms with Crippen molar-refractivity contribution >= 4 is 51.2 Å². The predicted molar refractivity (Wildman–Crippen MR) is 121 cm³/mol. The number of aromatic nitrogens is 3. The molecule has 1 aliphatic rings. The number of benzene rings is 1. The van der Waals surface area contributed by atoms with Crippen LogP contribution in [0.4, 0.5) is 10.8 Å². The highest BCUT2D eigenvalue weighted by molar-refractivity contribution is 8.00. The first-order chi connectivity index (χ1) is 14.2. The van der Waals surface area contributed by atoms with Crippen LogP contribution >= 0.6 is 34.4 Å². The smallest absolute Gasteiger partial charge is 0.231 e. The summed E-state index contributed by atoms with van der Waals surface area (Å²) in [6.45, 7) is 0. The Kier molecular flexibility index (Phi) is 7.13. The highest BCUT2D eigenvalue weighted by atomic mass is 32.2. The molecule has 0 spiro atoms. The van der Waals surface area contributed by atoms with Gasteiger partial charge in [-0.1, -0.05) is 60.6 Å². The summed E-state index contributed by atoms with van der Waals surface area (Å²) in [5, 5.41) is 18.7. The minimum absolute atomic E-state index is 0.0488. The Morgan fingerprint density at radius 1 is 1.14 bits per heavy atom. The van der Waals surface area contributed by atoms with Crippen LogP contribution in [-0.4, -0.2) is 27.1 Å². The van der Waals surface area contributed by atoms with Gasteiger partial charge in [0.25, 0.3) is 0 Å². The maximum Gasteiger partial charge on any atom is 0.231 e. The van der Waals surface area contributed by atoms with Gasteiger partial charge in [0, 0.05) is 22.9 Å².